The Balaban J connectivity index is 1.89. The molecule has 31 heavy (non-hydrogen) atoms. The van der Waals surface area contributed by atoms with E-state index in [1.165, 1.54) is 0 Å². The number of methoxy groups -OCH3 is 1. The highest BCUT2D eigenvalue weighted by atomic mass is 35.5. The molecule has 4 rings (SSSR count). The Kier molecular flexibility index (Phi) is 5.61. The van der Waals surface area contributed by atoms with Gasteiger partial charge in [0.05, 0.1) is 18.2 Å². The molecule has 0 bridgehead atoms. The van der Waals surface area contributed by atoms with Crippen LogP contribution < -0.4 is 10.2 Å². The third kappa shape index (κ3) is 4.09. The molecule has 2 aromatic heterocycles. The first-order chi connectivity index (χ1) is 14.9. The fourth-order valence-electron chi connectivity index (χ4n) is 3.66. The highest BCUT2D eigenvalue weighted by Gasteiger charge is 2.19. The van der Waals surface area contributed by atoms with Crippen molar-refractivity contribution < 1.29 is 9.53 Å². The molecule has 0 aliphatic carbocycles. The molecule has 0 spiro atoms. The van der Waals surface area contributed by atoms with E-state index < -0.39 is 0 Å². The molecule has 0 saturated heterocycles. The number of hydrogen-bond donors (Lipinski definition) is 0. The summed E-state index contributed by atoms with van der Waals surface area (Å²) in [5.41, 5.74) is 3.56. The second-order valence-corrected chi connectivity index (χ2v) is 7.90. The number of benzene rings is 2. The van der Waals surface area contributed by atoms with E-state index in [0.29, 0.717) is 34.1 Å². The maximum absolute atomic E-state index is 13.3. The molecule has 0 amide bonds. The molecule has 6 heteroatoms. The van der Waals surface area contributed by atoms with Gasteiger partial charge in [-0.15, -0.1) is 0 Å². The number of aromatic nitrogens is 2. The van der Waals surface area contributed by atoms with E-state index in [0.717, 1.165) is 11.1 Å². The number of rotatable bonds is 5. The minimum absolute atomic E-state index is 0.0807. The zero-order valence-electron chi connectivity index (χ0n) is 17.5. The SMILES string of the molecule is COc1ccc(C(=O)c2cn(Cc3cccc(Cl)c3)c3ccc(C)nc3c2=O)cc1C. The number of aryl methyl sites for hydroxylation is 2. The summed E-state index contributed by atoms with van der Waals surface area (Å²) >= 11 is 6.14. The summed E-state index contributed by atoms with van der Waals surface area (Å²) in [4.78, 5) is 31.0. The molecule has 0 unspecified atom stereocenters. The van der Waals surface area contributed by atoms with E-state index in [9.17, 15) is 9.59 Å². The van der Waals surface area contributed by atoms with Gasteiger partial charge in [0.25, 0.3) is 0 Å². The normalized spacial score (nSPS) is 11.0. The molecular weight excluding hydrogens is 412 g/mol. The summed E-state index contributed by atoms with van der Waals surface area (Å²) in [5, 5.41) is 0.627. The van der Waals surface area contributed by atoms with Crippen molar-refractivity contribution in [2.45, 2.75) is 20.4 Å². The van der Waals surface area contributed by atoms with Crippen molar-refractivity contribution in [1.29, 1.82) is 0 Å². The Labute approximate surface area is 184 Å². The first-order valence-electron chi connectivity index (χ1n) is 9.82. The lowest BCUT2D eigenvalue weighted by atomic mass is 10.0. The van der Waals surface area contributed by atoms with Crippen molar-refractivity contribution in [3.63, 3.8) is 0 Å². The number of ketones is 1. The number of carbonyl (C=O) groups is 1. The van der Waals surface area contributed by atoms with Crippen molar-refractivity contribution in [2.75, 3.05) is 7.11 Å². The van der Waals surface area contributed by atoms with Gasteiger partial charge in [-0.05, 0) is 67.4 Å². The molecule has 4 aromatic rings. The van der Waals surface area contributed by atoms with Gasteiger partial charge in [0.1, 0.15) is 11.3 Å². The maximum Gasteiger partial charge on any atom is 0.218 e. The molecule has 0 atom stereocenters. The van der Waals surface area contributed by atoms with E-state index in [1.54, 1.807) is 37.6 Å². The molecule has 0 aliphatic heterocycles. The summed E-state index contributed by atoms with van der Waals surface area (Å²) in [7, 11) is 1.58. The first kappa shape index (κ1) is 20.8. The summed E-state index contributed by atoms with van der Waals surface area (Å²) in [6.45, 7) is 4.13. The molecule has 2 aromatic carbocycles. The Morgan fingerprint density at radius 1 is 1.10 bits per heavy atom. The van der Waals surface area contributed by atoms with Crippen LogP contribution in [-0.2, 0) is 6.54 Å². The van der Waals surface area contributed by atoms with Crippen molar-refractivity contribution in [3.8, 4) is 5.75 Å². The fraction of sp³-hybridized carbons (Fsp3) is 0.160. The quantitative estimate of drug-likeness (QED) is 0.418. The van der Waals surface area contributed by atoms with Crippen LogP contribution in [0.4, 0.5) is 0 Å². The number of fused-ring (bicyclic) bond motifs is 1. The van der Waals surface area contributed by atoms with Crippen LogP contribution in [0.15, 0.2) is 65.6 Å². The smallest absolute Gasteiger partial charge is 0.218 e. The van der Waals surface area contributed by atoms with Crippen LogP contribution in [0.3, 0.4) is 0 Å². The van der Waals surface area contributed by atoms with E-state index in [-0.39, 0.29) is 22.3 Å². The third-order valence-electron chi connectivity index (χ3n) is 5.21. The van der Waals surface area contributed by atoms with Gasteiger partial charge in [-0.1, -0.05) is 23.7 Å². The molecule has 0 aliphatic rings. The predicted molar refractivity (Wildman–Crippen MR) is 122 cm³/mol. The van der Waals surface area contributed by atoms with Gasteiger partial charge in [-0.2, -0.15) is 0 Å². The second kappa shape index (κ2) is 8.36. The predicted octanol–water partition coefficient (Wildman–Crippen LogP) is 4.95. The van der Waals surface area contributed by atoms with Gasteiger partial charge in [0, 0.05) is 29.0 Å². The largest absolute Gasteiger partial charge is 0.496 e. The highest BCUT2D eigenvalue weighted by Crippen LogP contribution is 2.21. The zero-order valence-corrected chi connectivity index (χ0v) is 18.2. The lowest BCUT2D eigenvalue weighted by molar-refractivity contribution is 0.103. The van der Waals surface area contributed by atoms with Crippen LogP contribution in [0.2, 0.25) is 5.02 Å². The lowest BCUT2D eigenvalue weighted by Crippen LogP contribution is -2.21. The molecule has 0 radical (unpaired) electrons. The molecule has 2 heterocycles. The van der Waals surface area contributed by atoms with Crippen LogP contribution in [0.25, 0.3) is 11.0 Å². The van der Waals surface area contributed by atoms with Crippen LogP contribution in [0.5, 0.6) is 5.75 Å². The lowest BCUT2D eigenvalue weighted by Gasteiger charge is -2.14. The molecule has 0 saturated carbocycles. The van der Waals surface area contributed by atoms with Crippen LogP contribution in [0, 0.1) is 13.8 Å². The van der Waals surface area contributed by atoms with E-state index in [2.05, 4.69) is 4.98 Å². The third-order valence-corrected chi connectivity index (χ3v) is 5.45. The average Bonchev–Trinajstić information content (AvgIpc) is 2.75. The average molecular weight is 433 g/mol. The number of halogens is 1. The Hall–Kier alpha value is -3.44. The van der Waals surface area contributed by atoms with Gasteiger partial charge in [-0.3, -0.25) is 9.59 Å². The van der Waals surface area contributed by atoms with Crippen molar-refractivity contribution in [1.82, 2.24) is 9.55 Å². The molecule has 5 nitrogen and oxygen atoms in total. The Morgan fingerprint density at radius 3 is 2.61 bits per heavy atom. The molecule has 156 valence electrons. The van der Waals surface area contributed by atoms with Gasteiger partial charge in [0.15, 0.2) is 5.78 Å². The van der Waals surface area contributed by atoms with Gasteiger partial charge in [-0.25, -0.2) is 4.98 Å². The molecule has 0 fully saturated rings. The van der Waals surface area contributed by atoms with Gasteiger partial charge < -0.3 is 9.30 Å². The summed E-state index contributed by atoms with van der Waals surface area (Å²) in [6.07, 6.45) is 1.62. The number of carbonyl (C=O) groups excluding carboxylic acids is 1. The number of pyridine rings is 2. The number of hydrogen-bond acceptors (Lipinski definition) is 4. The minimum Gasteiger partial charge on any atom is -0.496 e. The summed E-state index contributed by atoms with van der Waals surface area (Å²) in [6, 6.07) is 16.3. The standard InChI is InChI=1S/C25H21ClN2O3/c1-15-11-18(8-10-22(15)31-3)24(29)20-14-28(13-17-5-4-6-19(26)12-17)21-9-7-16(2)27-23(21)25(20)30/h4-12,14H,13H2,1-3H3. The highest BCUT2D eigenvalue weighted by molar-refractivity contribution is 6.30. The van der Waals surface area contributed by atoms with Crippen LogP contribution >= 0.6 is 11.6 Å². The number of nitrogens with zero attached hydrogens (tertiary/aromatic N) is 2. The maximum atomic E-state index is 13.3. The zero-order chi connectivity index (χ0) is 22.1. The number of ether oxygens (including phenoxy) is 1. The fourth-order valence-corrected chi connectivity index (χ4v) is 3.87. The Morgan fingerprint density at radius 2 is 1.90 bits per heavy atom. The topological polar surface area (TPSA) is 61.2 Å². The minimum atomic E-state index is -0.375. The Bertz CT molecular complexity index is 1380. The monoisotopic (exact) mass is 432 g/mol. The van der Waals surface area contributed by atoms with Gasteiger partial charge >= 0.3 is 0 Å². The van der Waals surface area contributed by atoms with E-state index >= 15 is 0 Å². The molecular formula is C25H21ClN2O3. The van der Waals surface area contributed by atoms with Crippen LogP contribution in [0.1, 0.15) is 32.7 Å². The van der Waals surface area contributed by atoms with Crippen LogP contribution in [-0.4, -0.2) is 22.4 Å². The van der Waals surface area contributed by atoms with Crippen molar-refractivity contribution in [3.05, 3.63) is 104 Å². The summed E-state index contributed by atoms with van der Waals surface area (Å²) in [5.74, 6) is 0.339. The van der Waals surface area contributed by atoms with E-state index in [4.69, 9.17) is 16.3 Å². The first-order valence-corrected chi connectivity index (χ1v) is 10.2. The summed E-state index contributed by atoms with van der Waals surface area (Å²) < 4.78 is 7.15. The second-order valence-electron chi connectivity index (χ2n) is 7.46. The molecule has 0 N–H and O–H groups in total. The van der Waals surface area contributed by atoms with E-state index in [1.807, 2.05) is 48.7 Å². The van der Waals surface area contributed by atoms with Crippen molar-refractivity contribution in [2.24, 2.45) is 0 Å². The van der Waals surface area contributed by atoms with Gasteiger partial charge in [0.2, 0.25) is 5.43 Å². The van der Waals surface area contributed by atoms with Crippen molar-refractivity contribution >= 4 is 28.4 Å².